The molecule has 1 saturated carbocycles. The Hall–Kier alpha value is -2.32. The quantitative estimate of drug-likeness (QED) is 0.485. The zero-order valence-corrected chi connectivity index (χ0v) is 17.2. The summed E-state index contributed by atoms with van der Waals surface area (Å²) in [5, 5.41) is 10.9. The van der Waals surface area contributed by atoms with E-state index in [1.165, 1.54) is 35.7 Å². The Morgan fingerprint density at radius 2 is 1.93 bits per heavy atom. The lowest BCUT2D eigenvalue weighted by Crippen LogP contribution is -2.42. The first-order valence-corrected chi connectivity index (χ1v) is 11.3. The summed E-state index contributed by atoms with van der Waals surface area (Å²) in [5.41, 5.74) is 0.966. The maximum Gasteiger partial charge on any atom is 0.237 e. The molecule has 2 N–H and O–H groups in total. The molecule has 2 aromatic heterocycles. The summed E-state index contributed by atoms with van der Waals surface area (Å²) in [6.07, 6.45) is 5.72. The summed E-state index contributed by atoms with van der Waals surface area (Å²) in [7, 11) is 0. The lowest BCUT2D eigenvalue weighted by atomic mass is 9.93. The molecule has 3 aromatic rings. The predicted octanol–water partition coefficient (Wildman–Crippen LogP) is 4.18. The standard InChI is InChI=1S/C20H23N5OS2/c21-25-19(17-12-7-13-27-17)22-23-20(25)28-14-18(26)24(15-8-3-1-4-9-15)16-10-5-2-6-11-16/h1,3-4,7-9,12-13,16H,2,5-6,10-11,14,21H2. The van der Waals surface area contributed by atoms with Gasteiger partial charge in [0.05, 0.1) is 10.6 Å². The lowest BCUT2D eigenvalue weighted by molar-refractivity contribution is -0.116. The van der Waals surface area contributed by atoms with Crippen LogP contribution in [-0.4, -0.2) is 32.6 Å². The van der Waals surface area contributed by atoms with Crippen LogP contribution in [0.1, 0.15) is 32.1 Å². The Balaban J connectivity index is 1.49. The molecule has 0 saturated heterocycles. The minimum absolute atomic E-state index is 0.0868. The topological polar surface area (TPSA) is 77.0 Å². The molecule has 8 heteroatoms. The normalized spacial score (nSPS) is 14.9. The monoisotopic (exact) mass is 413 g/mol. The number of thiophene rings is 1. The van der Waals surface area contributed by atoms with E-state index in [0.29, 0.717) is 11.0 Å². The minimum atomic E-state index is 0.0868. The molecule has 4 rings (SSSR count). The SMILES string of the molecule is Nn1c(SCC(=O)N(c2ccccc2)C2CCCCC2)nnc1-c1cccs1. The number of carbonyl (C=O) groups excluding carboxylic acids is 1. The third kappa shape index (κ3) is 4.07. The van der Waals surface area contributed by atoms with Gasteiger partial charge in [-0.2, -0.15) is 0 Å². The van der Waals surface area contributed by atoms with Crippen LogP contribution in [0, 0.1) is 0 Å². The Morgan fingerprint density at radius 1 is 1.14 bits per heavy atom. The number of thioether (sulfide) groups is 1. The van der Waals surface area contributed by atoms with E-state index in [1.54, 1.807) is 11.3 Å². The fourth-order valence-corrected chi connectivity index (χ4v) is 5.05. The van der Waals surface area contributed by atoms with Gasteiger partial charge in [0.15, 0.2) is 5.82 Å². The second-order valence-corrected chi connectivity index (χ2v) is 8.72. The van der Waals surface area contributed by atoms with Crippen molar-refractivity contribution in [2.75, 3.05) is 16.5 Å². The highest BCUT2D eigenvalue weighted by Gasteiger charge is 2.27. The van der Waals surface area contributed by atoms with E-state index in [4.69, 9.17) is 5.84 Å². The van der Waals surface area contributed by atoms with E-state index in [9.17, 15) is 4.79 Å². The molecule has 6 nitrogen and oxygen atoms in total. The maximum atomic E-state index is 13.2. The molecular formula is C20H23N5OS2. The number of nitrogens with zero attached hydrogens (tertiary/aromatic N) is 4. The number of para-hydroxylation sites is 1. The maximum absolute atomic E-state index is 13.2. The second kappa shape index (κ2) is 8.79. The molecule has 2 heterocycles. The molecular weight excluding hydrogens is 390 g/mol. The van der Waals surface area contributed by atoms with Gasteiger partial charge in [0.25, 0.3) is 0 Å². The third-order valence-electron chi connectivity index (χ3n) is 4.97. The van der Waals surface area contributed by atoms with Crippen molar-refractivity contribution in [3.63, 3.8) is 0 Å². The number of benzene rings is 1. The van der Waals surface area contributed by atoms with E-state index < -0.39 is 0 Å². The van der Waals surface area contributed by atoms with Crippen molar-refractivity contribution in [2.24, 2.45) is 0 Å². The smallest absolute Gasteiger partial charge is 0.237 e. The molecule has 0 spiro atoms. The zero-order valence-electron chi connectivity index (χ0n) is 15.5. The summed E-state index contributed by atoms with van der Waals surface area (Å²) in [4.78, 5) is 16.1. The molecule has 1 fully saturated rings. The van der Waals surface area contributed by atoms with Crippen molar-refractivity contribution < 1.29 is 4.79 Å². The molecule has 1 aromatic carbocycles. The molecule has 0 unspecified atom stereocenters. The average molecular weight is 414 g/mol. The third-order valence-corrected chi connectivity index (χ3v) is 6.77. The number of amides is 1. The Morgan fingerprint density at radius 3 is 2.64 bits per heavy atom. The fraction of sp³-hybridized carbons (Fsp3) is 0.350. The van der Waals surface area contributed by atoms with Gasteiger partial charge in [-0.25, -0.2) is 4.68 Å². The summed E-state index contributed by atoms with van der Waals surface area (Å²) >= 11 is 2.90. The number of nitrogens with two attached hydrogens (primary N) is 1. The lowest BCUT2D eigenvalue weighted by Gasteiger charge is -2.34. The van der Waals surface area contributed by atoms with Gasteiger partial charge < -0.3 is 10.7 Å². The van der Waals surface area contributed by atoms with Crippen LogP contribution in [0.25, 0.3) is 10.7 Å². The highest BCUT2D eigenvalue weighted by atomic mass is 32.2. The van der Waals surface area contributed by atoms with Crippen LogP contribution >= 0.6 is 23.1 Å². The minimum Gasteiger partial charge on any atom is -0.335 e. The van der Waals surface area contributed by atoms with E-state index in [2.05, 4.69) is 10.2 Å². The van der Waals surface area contributed by atoms with Crippen molar-refractivity contribution in [2.45, 2.75) is 43.3 Å². The number of anilines is 1. The van der Waals surface area contributed by atoms with Crippen LogP contribution in [0.15, 0.2) is 53.0 Å². The largest absolute Gasteiger partial charge is 0.335 e. The van der Waals surface area contributed by atoms with E-state index in [1.807, 2.05) is 52.7 Å². The first-order valence-electron chi connectivity index (χ1n) is 9.48. The molecule has 28 heavy (non-hydrogen) atoms. The molecule has 1 aliphatic rings. The molecule has 0 radical (unpaired) electrons. The van der Waals surface area contributed by atoms with E-state index in [0.717, 1.165) is 23.4 Å². The Kier molecular flexibility index (Phi) is 5.97. The summed E-state index contributed by atoms with van der Waals surface area (Å²) in [6.45, 7) is 0. The highest BCUT2D eigenvalue weighted by Crippen LogP contribution is 2.29. The molecule has 0 bridgehead atoms. The predicted molar refractivity (Wildman–Crippen MR) is 115 cm³/mol. The number of nitrogen functional groups attached to an aromatic ring is 1. The van der Waals surface area contributed by atoms with Gasteiger partial charge in [0.1, 0.15) is 0 Å². The van der Waals surface area contributed by atoms with Crippen LogP contribution in [0.4, 0.5) is 5.69 Å². The molecule has 0 aliphatic heterocycles. The van der Waals surface area contributed by atoms with Gasteiger partial charge in [0.2, 0.25) is 11.1 Å². The zero-order chi connectivity index (χ0) is 19.3. The van der Waals surface area contributed by atoms with Gasteiger partial charge in [-0.15, -0.1) is 21.5 Å². The number of carbonyl (C=O) groups is 1. The number of hydrogen-bond acceptors (Lipinski definition) is 6. The van der Waals surface area contributed by atoms with Crippen LogP contribution in [0.3, 0.4) is 0 Å². The van der Waals surface area contributed by atoms with Gasteiger partial charge in [0, 0.05) is 11.7 Å². The van der Waals surface area contributed by atoms with Crippen molar-refractivity contribution in [3.8, 4) is 10.7 Å². The summed E-state index contributed by atoms with van der Waals surface area (Å²) < 4.78 is 1.47. The van der Waals surface area contributed by atoms with Gasteiger partial charge >= 0.3 is 0 Å². The number of rotatable bonds is 6. The molecule has 1 aliphatic carbocycles. The first kappa shape index (κ1) is 19.0. The van der Waals surface area contributed by atoms with Crippen molar-refractivity contribution >= 4 is 34.7 Å². The number of aromatic nitrogens is 3. The first-order chi connectivity index (χ1) is 13.7. The van der Waals surface area contributed by atoms with Crippen LogP contribution in [0.2, 0.25) is 0 Å². The Bertz CT molecular complexity index is 904. The van der Waals surface area contributed by atoms with E-state index in [-0.39, 0.29) is 17.7 Å². The second-order valence-electron chi connectivity index (χ2n) is 6.83. The van der Waals surface area contributed by atoms with Gasteiger partial charge in [-0.1, -0.05) is 55.3 Å². The van der Waals surface area contributed by atoms with Crippen LogP contribution in [-0.2, 0) is 4.79 Å². The number of hydrogen-bond donors (Lipinski definition) is 1. The van der Waals surface area contributed by atoms with Crippen LogP contribution in [0.5, 0.6) is 0 Å². The molecule has 1 amide bonds. The Labute approximate surface area is 172 Å². The van der Waals surface area contributed by atoms with Gasteiger partial charge in [-0.3, -0.25) is 4.79 Å². The van der Waals surface area contributed by atoms with Crippen molar-refractivity contribution in [3.05, 3.63) is 47.8 Å². The fourth-order valence-electron chi connectivity index (χ4n) is 3.63. The average Bonchev–Trinajstić information content (AvgIpc) is 3.38. The van der Waals surface area contributed by atoms with Crippen molar-refractivity contribution in [1.29, 1.82) is 0 Å². The molecule has 146 valence electrons. The van der Waals surface area contributed by atoms with Crippen molar-refractivity contribution in [1.82, 2.24) is 14.9 Å². The molecule has 0 atom stereocenters. The van der Waals surface area contributed by atoms with Crippen LogP contribution < -0.4 is 10.7 Å². The summed E-state index contributed by atoms with van der Waals surface area (Å²) in [6, 6.07) is 14.1. The van der Waals surface area contributed by atoms with E-state index >= 15 is 0 Å². The highest BCUT2D eigenvalue weighted by molar-refractivity contribution is 7.99. The van der Waals surface area contributed by atoms with Gasteiger partial charge in [-0.05, 0) is 36.4 Å². The summed E-state index contributed by atoms with van der Waals surface area (Å²) in [5.74, 6) is 7.16.